The van der Waals surface area contributed by atoms with Crippen LogP contribution in [0.25, 0.3) is 0 Å². The van der Waals surface area contributed by atoms with Crippen LogP contribution in [0.5, 0.6) is 0 Å². The zero-order valence-electron chi connectivity index (χ0n) is 16.7. The summed E-state index contributed by atoms with van der Waals surface area (Å²) >= 11 is 3.08. The van der Waals surface area contributed by atoms with Gasteiger partial charge in [0.2, 0.25) is 0 Å². The molecule has 2 rings (SSSR count). The van der Waals surface area contributed by atoms with E-state index < -0.39 is 23.6 Å². The van der Waals surface area contributed by atoms with E-state index in [1.165, 1.54) is 38.5 Å². The molecule has 0 heterocycles. The van der Waals surface area contributed by atoms with Crippen LogP contribution in [0.4, 0.5) is 8.78 Å². The predicted octanol–water partition coefficient (Wildman–Crippen LogP) is 2.65. The molecule has 0 aliphatic heterocycles. The van der Waals surface area contributed by atoms with Crippen molar-refractivity contribution in [3.8, 4) is 0 Å². The number of hydrogen-bond acceptors (Lipinski definition) is 4. The number of carbonyl (C=O) groups excluding carboxylic acids is 2. The van der Waals surface area contributed by atoms with Gasteiger partial charge in [0.15, 0.2) is 0 Å². The molecule has 0 radical (unpaired) electrons. The molecular formula is C21H26Br2F2MgO4. The van der Waals surface area contributed by atoms with Crippen LogP contribution in [-0.2, 0) is 15.9 Å². The Labute approximate surface area is 212 Å². The number of rotatable bonds is 3. The number of aryl methyl sites for hydroxylation is 1. The Balaban J connectivity index is -0.000000191. The van der Waals surface area contributed by atoms with Crippen LogP contribution in [-0.4, -0.2) is 49.2 Å². The van der Waals surface area contributed by atoms with Crippen LogP contribution in [0.3, 0.4) is 0 Å². The molecule has 0 spiro atoms. The van der Waals surface area contributed by atoms with E-state index in [4.69, 9.17) is 0 Å². The van der Waals surface area contributed by atoms with Crippen molar-refractivity contribution < 1.29 is 44.8 Å². The third-order valence-corrected chi connectivity index (χ3v) is 3.68. The van der Waals surface area contributed by atoms with Gasteiger partial charge in [-0.25, -0.2) is 18.4 Å². The van der Waals surface area contributed by atoms with Crippen molar-refractivity contribution in [1.29, 1.82) is 0 Å². The Bertz CT molecular complexity index is 775. The van der Waals surface area contributed by atoms with E-state index in [-0.39, 0.29) is 58.6 Å². The normalized spacial score (nSPS) is 8.27. The van der Waals surface area contributed by atoms with Crippen molar-refractivity contribution in [2.75, 3.05) is 14.2 Å². The average Bonchev–Trinajstić information content (AvgIpc) is 2.68. The van der Waals surface area contributed by atoms with Crippen molar-refractivity contribution in [2.24, 2.45) is 0 Å². The maximum absolute atomic E-state index is 13.2. The number of benzene rings is 2. The van der Waals surface area contributed by atoms with Crippen molar-refractivity contribution in [2.45, 2.75) is 27.7 Å². The van der Waals surface area contributed by atoms with E-state index in [1.807, 2.05) is 6.92 Å². The maximum atomic E-state index is 13.2. The number of methoxy groups -OCH3 is 2. The Morgan fingerprint density at radius 2 is 1.33 bits per heavy atom. The summed E-state index contributed by atoms with van der Waals surface area (Å²) in [5.74, 6) is -2.41. The Hall–Kier alpha value is -1.03. The van der Waals surface area contributed by atoms with Crippen LogP contribution in [0.2, 0.25) is 0 Å². The number of halogens is 4. The van der Waals surface area contributed by atoms with E-state index >= 15 is 0 Å². The van der Waals surface area contributed by atoms with Crippen molar-refractivity contribution in [3.05, 3.63) is 76.1 Å². The van der Waals surface area contributed by atoms with Crippen LogP contribution in [0, 0.1) is 18.6 Å². The first-order valence-corrected chi connectivity index (χ1v) is 8.74. The smallest absolute Gasteiger partial charge is 1.00 e. The zero-order chi connectivity index (χ0) is 21.0. The van der Waals surface area contributed by atoms with Gasteiger partial charge in [-0.3, -0.25) is 0 Å². The fourth-order valence-electron chi connectivity index (χ4n) is 1.82. The largest absolute Gasteiger partial charge is 2.00 e. The molecule has 164 valence electrons. The monoisotopic (exact) mass is 562 g/mol. The number of esters is 2. The number of hydrogen-bond donors (Lipinski definition) is 0. The van der Waals surface area contributed by atoms with Gasteiger partial charge in [-0.2, -0.15) is 6.92 Å². The van der Waals surface area contributed by atoms with Crippen molar-refractivity contribution in [1.82, 2.24) is 0 Å². The molecule has 0 aromatic heterocycles. The van der Waals surface area contributed by atoms with Gasteiger partial charge in [0, 0.05) is 4.47 Å². The fraction of sp³-hybridized carbons (Fsp3) is 0.286. The van der Waals surface area contributed by atoms with Gasteiger partial charge >= 0.3 is 35.0 Å². The summed E-state index contributed by atoms with van der Waals surface area (Å²) in [6.45, 7) is 6.92. The molecule has 30 heavy (non-hydrogen) atoms. The molecule has 9 heteroatoms. The van der Waals surface area contributed by atoms with Gasteiger partial charge < -0.3 is 33.4 Å². The minimum Gasteiger partial charge on any atom is -1.00 e. The van der Waals surface area contributed by atoms with E-state index in [0.29, 0.717) is 4.47 Å². The van der Waals surface area contributed by atoms with Crippen LogP contribution in [0.1, 0.15) is 47.6 Å². The molecule has 0 atom stereocenters. The molecule has 0 saturated carbocycles. The summed E-state index contributed by atoms with van der Waals surface area (Å²) in [6.07, 6.45) is 0.748. The second-order valence-corrected chi connectivity index (χ2v) is 5.69. The summed E-state index contributed by atoms with van der Waals surface area (Å²) < 4.78 is 35.5. The molecule has 4 nitrogen and oxygen atoms in total. The second-order valence-electron chi connectivity index (χ2n) is 4.78. The fourth-order valence-corrected chi connectivity index (χ4v) is 2.15. The standard InChI is InChI=1S/C10H11FO2.C8H6BrFO2.C2H5.CH4.BrH.Mg/c1-3-7-4-5-8(9(11)6-7)10(12)13-2;1-12-8(11)6-3-2-5(9)4-7(6)10;1-2;;;/h4-6H,3H2,1-2H3;2-4H,1H3;1H2,2H3;1H4;1H;/q;;-1;;;+2/p-1. The van der Waals surface area contributed by atoms with E-state index in [9.17, 15) is 18.4 Å². The van der Waals surface area contributed by atoms with Gasteiger partial charge in [-0.15, -0.1) is 0 Å². The molecule has 0 aliphatic rings. The number of carbonyl (C=O) groups is 2. The van der Waals surface area contributed by atoms with Gasteiger partial charge in [-0.05, 0) is 42.3 Å². The van der Waals surface area contributed by atoms with E-state index in [0.717, 1.165) is 12.0 Å². The zero-order valence-corrected chi connectivity index (χ0v) is 21.3. The molecule has 0 aliphatic carbocycles. The minimum atomic E-state index is -0.667. The second kappa shape index (κ2) is 19.9. The molecule has 0 unspecified atom stereocenters. The predicted molar refractivity (Wildman–Crippen MR) is 116 cm³/mol. The first-order valence-electron chi connectivity index (χ1n) is 7.94. The Morgan fingerprint density at radius 1 is 0.933 bits per heavy atom. The van der Waals surface area contributed by atoms with Crippen molar-refractivity contribution >= 4 is 50.9 Å². The molecule has 0 N–H and O–H groups in total. The maximum Gasteiger partial charge on any atom is 2.00 e. The topological polar surface area (TPSA) is 52.6 Å². The summed E-state index contributed by atoms with van der Waals surface area (Å²) in [5.41, 5.74) is 0.797. The Morgan fingerprint density at radius 3 is 1.67 bits per heavy atom. The van der Waals surface area contributed by atoms with Crippen molar-refractivity contribution in [3.63, 3.8) is 0 Å². The molecular weight excluding hydrogens is 538 g/mol. The molecule has 0 bridgehead atoms. The quantitative estimate of drug-likeness (QED) is 0.327. The van der Waals surface area contributed by atoms with Crippen LogP contribution < -0.4 is 17.0 Å². The first-order chi connectivity index (χ1) is 12.8. The van der Waals surface area contributed by atoms with Gasteiger partial charge in [0.1, 0.15) is 11.6 Å². The SMILES string of the molecule is C.CCc1ccc(C(=O)OC)c(F)c1.COC(=O)c1ccc(Br)cc1F.[Br-].[CH2-]C.[Mg+2]. The number of ether oxygens (including phenoxy) is 2. The molecule has 0 saturated heterocycles. The summed E-state index contributed by atoms with van der Waals surface area (Å²) in [6, 6.07) is 8.68. The third kappa shape index (κ3) is 12.0. The molecule has 2 aromatic rings. The summed E-state index contributed by atoms with van der Waals surface area (Å²) in [7, 11) is 2.44. The van der Waals surface area contributed by atoms with Gasteiger partial charge in [-0.1, -0.05) is 36.3 Å². The van der Waals surface area contributed by atoms with E-state index in [1.54, 1.807) is 19.1 Å². The summed E-state index contributed by atoms with van der Waals surface area (Å²) in [4.78, 5) is 21.8. The van der Waals surface area contributed by atoms with Gasteiger partial charge in [0.25, 0.3) is 0 Å². The molecule has 2 aromatic carbocycles. The first kappa shape index (κ1) is 36.3. The molecule has 0 fully saturated rings. The summed E-state index contributed by atoms with van der Waals surface area (Å²) in [5, 5.41) is 0. The minimum absolute atomic E-state index is 0. The van der Waals surface area contributed by atoms with Crippen LogP contribution in [0.15, 0.2) is 40.9 Å². The van der Waals surface area contributed by atoms with E-state index in [2.05, 4.69) is 32.3 Å². The molecule has 0 amide bonds. The van der Waals surface area contributed by atoms with Gasteiger partial charge in [0.05, 0.1) is 25.3 Å². The average molecular weight is 565 g/mol. The Kier molecular flexibility index (Phi) is 24.1. The third-order valence-electron chi connectivity index (χ3n) is 3.18. The van der Waals surface area contributed by atoms with Crippen LogP contribution >= 0.6 is 15.9 Å².